The van der Waals surface area contributed by atoms with Crippen LogP contribution in [0, 0.1) is 0 Å². The lowest BCUT2D eigenvalue weighted by Crippen LogP contribution is -2.42. The van der Waals surface area contributed by atoms with Gasteiger partial charge in [-0.25, -0.2) is 0 Å². The zero-order valence-corrected chi connectivity index (χ0v) is 9.55. The molecular formula is C11H18O2S. The summed E-state index contributed by atoms with van der Waals surface area (Å²) in [5, 5.41) is 21.9. The Morgan fingerprint density at radius 1 is 1.43 bits per heavy atom. The van der Waals surface area contributed by atoms with E-state index in [1.54, 1.807) is 11.3 Å². The van der Waals surface area contributed by atoms with Gasteiger partial charge in [-0.15, -0.1) is 11.3 Å². The van der Waals surface area contributed by atoms with E-state index in [0.29, 0.717) is 19.3 Å². The number of hydrogen-bond acceptors (Lipinski definition) is 3. The molecule has 0 aliphatic heterocycles. The lowest BCUT2D eigenvalue weighted by atomic mass is 9.88. The number of rotatable bonds is 5. The van der Waals surface area contributed by atoms with Crippen molar-refractivity contribution in [2.24, 2.45) is 0 Å². The van der Waals surface area contributed by atoms with E-state index >= 15 is 0 Å². The van der Waals surface area contributed by atoms with Crippen molar-refractivity contribution in [1.82, 2.24) is 0 Å². The van der Waals surface area contributed by atoms with Gasteiger partial charge in [-0.1, -0.05) is 19.9 Å². The molecule has 1 atom stereocenters. The summed E-state index contributed by atoms with van der Waals surface area (Å²) in [5.41, 5.74) is -0.927. The van der Waals surface area contributed by atoms with Gasteiger partial charge < -0.3 is 10.2 Å². The molecule has 1 unspecified atom stereocenters. The molecule has 0 amide bonds. The highest BCUT2D eigenvalue weighted by molar-refractivity contribution is 7.09. The molecule has 0 aliphatic carbocycles. The van der Waals surface area contributed by atoms with Gasteiger partial charge in [0.05, 0.1) is 11.7 Å². The SMILES string of the molecule is CCC(O)(CC)C(O)Cc1cccs1. The highest BCUT2D eigenvalue weighted by Crippen LogP contribution is 2.23. The summed E-state index contributed by atoms with van der Waals surface area (Å²) >= 11 is 1.62. The van der Waals surface area contributed by atoms with Gasteiger partial charge in [-0.05, 0) is 24.3 Å². The second-order valence-corrected chi connectivity index (χ2v) is 4.64. The molecule has 80 valence electrons. The van der Waals surface area contributed by atoms with E-state index in [9.17, 15) is 10.2 Å². The highest BCUT2D eigenvalue weighted by Gasteiger charge is 2.31. The van der Waals surface area contributed by atoms with Crippen LogP contribution in [0.3, 0.4) is 0 Å². The molecule has 0 fully saturated rings. The second kappa shape index (κ2) is 4.91. The lowest BCUT2D eigenvalue weighted by molar-refractivity contribution is -0.0787. The molecule has 0 radical (unpaired) electrons. The maximum absolute atomic E-state index is 10.1. The van der Waals surface area contributed by atoms with Gasteiger partial charge in [0, 0.05) is 11.3 Å². The Morgan fingerprint density at radius 3 is 2.50 bits per heavy atom. The average molecular weight is 214 g/mol. The third kappa shape index (κ3) is 2.56. The predicted molar refractivity (Wildman–Crippen MR) is 59.6 cm³/mol. The van der Waals surface area contributed by atoms with Crippen molar-refractivity contribution in [3.63, 3.8) is 0 Å². The van der Waals surface area contributed by atoms with Crippen LogP contribution in [0.25, 0.3) is 0 Å². The molecule has 1 heterocycles. The molecule has 3 heteroatoms. The van der Waals surface area contributed by atoms with E-state index < -0.39 is 11.7 Å². The zero-order chi connectivity index (χ0) is 10.6. The minimum Gasteiger partial charge on any atom is -0.390 e. The van der Waals surface area contributed by atoms with Crippen LogP contribution in [0.4, 0.5) is 0 Å². The average Bonchev–Trinajstić information content (AvgIpc) is 2.69. The van der Waals surface area contributed by atoms with Gasteiger partial charge in [-0.2, -0.15) is 0 Å². The third-order valence-corrected chi connectivity index (χ3v) is 3.72. The first-order chi connectivity index (χ1) is 6.62. The minimum atomic E-state index is -0.927. The van der Waals surface area contributed by atoms with Gasteiger partial charge in [0.1, 0.15) is 0 Å². The summed E-state index contributed by atoms with van der Waals surface area (Å²) in [5.74, 6) is 0. The van der Waals surface area contributed by atoms with Crippen molar-refractivity contribution in [3.8, 4) is 0 Å². The van der Waals surface area contributed by atoms with Crippen LogP contribution in [0.2, 0.25) is 0 Å². The van der Waals surface area contributed by atoms with E-state index in [1.807, 2.05) is 31.4 Å². The van der Waals surface area contributed by atoms with Crippen LogP contribution in [0.15, 0.2) is 17.5 Å². The van der Waals surface area contributed by atoms with Crippen LogP contribution in [0.1, 0.15) is 31.6 Å². The summed E-state index contributed by atoms with van der Waals surface area (Å²) in [4.78, 5) is 1.12. The van der Waals surface area contributed by atoms with Crippen molar-refractivity contribution in [2.75, 3.05) is 0 Å². The first-order valence-electron chi connectivity index (χ1n) is 5.05. The smallest absolute Gasteiger partial charge is 0.0903 e. The molecule has 2 nitrogen and oxygen atoms in total. The van der Waals surface area contributed by atoms with Gasteiger partial charge >= 0.3 is 0 Å². The van der Waals surface area contributed by atoms with Crippen molar-refractivity contribution in [1.29, 1.82) is 0 Å². The fourth-order valence-corrected chi connectivity index (χ4v) is 2.27. The van der Waals surface area contributed by atoms with E-state index in [-0.39, 0.29) is 0 Å². The molecule has 0 aromatic carbocycles. The van der Waals surface area contributed by atoms with Crippen molar-refractivity contribution in [3.05, 3.63) is 22.4 Å². The molecule has 1 rings (SSSR count). The number of thiophene rings is 1. The lowest BCUT2D eigenvalue weighted by Gasteiger charge is -2.30. The van der Waals surface area contributed by atoms with Crippen molar-refractivity contribution >= 4 is 11.3 Å². The van der Waals surface area contributed by atoms with Gasteiger partial charge in [0.2, 0.25) is 0 Å². The maximum Gasteiger partial charge on any atom is 0.0903 e. The molecule has 1 aromatic heterocycles. The summed E-state index contributed by atoms with van der Waals surface area (Å²) < 4.78 is 0. The molecule has 14 heavy (non-hydrogen) atoms. The minimum absolute atomic E-state index is 0.551. The maximum atomic E-state index is 10.1. The van der Waals surface area contributed by atoms with Crippen LogP contribution >= 0.6 is 11.3 Å². The Kier molecular flexibility index (Phi) is 4.11. The Balaban J connectivity index is 2.60. The molecule has 0 spiro atoms. The number of aliphatic hydroxyl groups excluding tert-OH is 1. The zero-order valence-electron chi connectivity index (χ0n) is 8.73. The Morgan fingerprint density at radius 2 is 2.07 bits per heavy atom. The molecule has 2 N–H and O–H groups in total. The predicted octanol–water partition coefficient (Wildman–Crippen LogP) is 2.20. The summed E-state index contributed by atoms with van der Waals surface area (Å²) in [6.45, 7) is 3.81. The summed E-state index contributed by atoms with van der Waals surface area (Å²) in [7, 11) is 0. The molecular weight excluding hydrogens is 196 g/mol. The van der Waals surface area contributed by atoms with E-state index in [0.717, 1.165) is 4.88 Å². The fraction of sp³-hybridized carbons (Fsp3) is 0.636. The van der Waals surface area contributed by atoms with Gasteiger partial charge in [0.25, 0.3) is 0 Å². The Labute approximate surface area is 89.2 Å². The van der Waals surface area contributed by atoms with Crippen LogP contribution in [-0.2, 0) is 6.42 Å². The first-order valence-corrected chi connectivity index (χ1v) is 5.93. The van der Waals surface area contributed by atoms with Gasteiger partial charge in [0.15, 0.2) is 0 Å². The molecule has 0 aliphatic rings. The van der Waals surface area contributed by atoms with Gasteiger partial charge in [-0.3, -0.25) is 0 Å². The standard InChI is InChI=1S/C11H18O2S/c1-3-11(13,4-2)10(12)8-9-6-5-7-14-9/h5-7,10,12-13H,3-4,8H2,1-2H3. The Hall–Kier alpha value is -0.380. The van der Waals surface area contributed by atoms with E-state index in [4.69, 9.17) is 0 Å². The van der Waals surface area contributed by atoms with Crippen molar-refractivity contribution < 1.29 is 10.2 Å². The molecule has 1 aromatic rings. The monoisotopic (exact) mass is 214 g/mol. The normalized spacial score (nSPS) is 14.3. The summed E-state index contributed by atoms with van der Waals surface area (Å²) in [6, 6.07) is 3.95. The van der Waals surface area contributed by atoms with Crippen LogP contribution < -0.4 is 0 Å². The summed E-state index contributed by atoms with van der Waals surface area (Å²) in [6.07, 6.45) is 1.08. The molecule has 0 saturated carbocycles. The highest BCUT2D eigenvalue weighted by atomic mass is 32.1. The topological polar surface area (TPSA) is 40.5 Å². The van der Waals surface area contributed by atoms with Crippen molar-refractivity contribution in [2.45, 2.75) is 44.8 Å². The Bertz CT molecular complexity index is 252. The largest absolute Gasteiger partial charge is 0.390 e. The quantitative estimate of drug-likeness (QED) is 0.789. The molecule has 0 bridgehead atoms. The van der Waals surface area contributed by atoms with Crippen LogP contribution in [0.5, 0.6) is 0 Å². The number of aliphatic hydroxyl groups is 2. The molecule has 0 saturated heterocycles. The van der Waals surface area contributed by atoms with E-state index in [2.05, 4.69) is 0 Å². The second-order valence-electron chi connectivity index (χ2n) is 3.61. The third-order valence-electron chi connectivity index (χ3n) is 2.82. The van der Waals surface area contributed by atoms with E-state index in [1.165, 1.54) is 0 Å². The fourth-order valence-electron chi connectivity index (χ4n) is 1.53. The number of hydrogen-bond donors (Lipinski definition) is 2. The first kappa shape index (κ1) is 11.7. The van der Waals surface area contributed by atoms with Crippen LogP contribution in [-0.4, -0.2) is 21.9 Å².